The molecular weight excluding hydrogens is 212 g/mol. The monoisotopic (exact) mass is 226 g/mol. The SMILES string of the molecule is OCCCSc1ccc2c(c1)OCCO2. The number of benzene rings is 1. The molecule has 0 radical (unpaired) electrons. The van der Waals surface area contributed by atoms with E-state index in [4.69, 9.17) is 14.6 Å². The van der Waals surface area contributed by atoms with Crippen LogP contribution in [0.15, 0.2) is 23.1 Å². The summed E-state index contributed by atoms with van der Waals surface area (Å²) in [6, 6.07) is 5.96. The van der Waals surface area contributed by atoms with Crippen molar-refractivity contribution in [2.45, 2.75) is 11.3 Å². The summed E-state index contributed by atoms with van der Waals surface area (Å²) in [5.74, 6) is 2.58. The molecule has 0 aromatic heterocycles. The lowest BCUT2D eigenvalue weighted by molar-refractivity contribution is 0.171. The van der Waals surface area contributed by atoms with Crippen molar-refractivity contribution in [2.24, 2.45) is 0 Å². The van der Waals surface area contributed by atoms with Gasteiger partial charge in [-0.15, -0.1) is 11.8 Å². The Hall–Kier alpha value is -0.870. The molecule has 0 bridgehead atoms. The summed E-state index contributed by atoms with van der Waals surface area (Å²) in [7, 11) is 0. The summed E-state index contributed by atoms with van der Waals surface area (Å²) < 4.78 is 10.9. The van der Waals surface area contributed by atoms with Gasteiger partial charge in [0.05, 0.1) is 0 Å². The van der Waals surface area contributed by atoms with Crippen LogP contribution in [0.4, 0.5) is 0 Å². The molecular formula is C11H14O3S. The Balaban J connectivity index is 2.00. The molecule has 0 amide bonds. The summed E-state index contributed by atoms with van der Waals surface area (Å²) in [5, 5.41) is 8.68. The predicted octanol–water partition coefficient (Wildman–Crippen LogP) is 1.93. The van der Waals surface area contributed by atoms with Gasteiger partial charge in [0, 0.05) is 17.3 Å². The van der Waals surface area contributed by atoms with Crippen molar-refractivity contribution in [3.63, 3.8) is 0 Å². The van der Waals surface area contributed by atoms with Gasteiger partial charge in [-0.05, 0) is 24.6 Å². The van der Waals surface area contributed by atoms with E-state index >= 15 is 0 Å². The molecule has 0 unspecified atom stereocenters. The maximum Gasteiger partial charge on any atom is 0.162 e. The average Bonchev–Trinajstić information content (AvgIpc) is 2.29. The first-order valence-corrected chi connectivity index (χ1v) is 6.02. The minimum atomic E-state index is 0.248. The number of hydrogen-bond acceptors (Lipinski definition) is 4. The Bertz CT molecular complexity index is 328. The minimum absolute atomic E-state index is 0.248. The normalized spacial score (nSPS) is 13.9. The largest absolute Gasteiger partial charge is 0.486 e. The maximum atomic E-state index is 8.68. The van der Waals surface area contributed by atoms with Crippen molar-refractivity contribution >= 4 is 11.8 Å². The molecule has 15 heavy (non-hydrogen) atoms. The van der Waals surface area contributed by atoms with Crippen molar-refractivity contribution < 1.29 is 14.6 Å². The second kappa shape index (κ2) is 5.28. The zero-order chi connectivity index (χ0) is 10.5. The Morgan fingerprint density at radius 2 is 2.00 bits per heavy atom. The predicted molar refractivity (Wildman–Crippen MR) is 59.9 cm³/mol. The molecule has 0 fully saturated rings. The van der Waals surface area contributed by atoms with Gasteiger partial charge in [0.15, 0.2) is 11.5 Å². The summed E-state index contributed by atoms with van der Waals surface area (Å²) in [4.78, 5) is 1.16. The molecule has 4 heteroatoms. The van der Waals surface area contributed by atoms with E-state index < -0.39 is 0 Å². The quantitative estimate of drug-likeness (QED) is 0.629. The summed E-state index contributed by atoms with van der Waals surface area (Å²) in [5.41, 5.74) is 0. The van der Waals surface area contributed by atoms with Crippen molar-refractivity contribution in [3.05, 3.63) is 18.2 Å². The average molecular weight is 226 g/mol. The van der Waals surface area contributed by atoms with E-state index in [9.17, 15) is 0 Å². The molecule has 1 N–H and O–H groups in total. The van der Waals surface area contributed by atoms with Crippen LogP contribution in [0.2, 0.25) is 0 Å². The van der Waals surface area contributed by atoms with Crippen LogP contribution in [0.5, 0.6) is 11.5 Å². The van der Waals surface area contributed by atoms with Crippen LogP contribution in [0, 0.1) is 0 Å². The Kier molecular flexibility index (Phi) is 3.75. The Morgan fingerprint density at radius 1 is 1.20 bits per heavy atom. The summed E-state index contributed by atoms with van der Waals surface area (Å²) >= 11 is 1.72. The van der Waals surface area contributed by atoms with Gasteiger partial charge in [-0.2, -0.15) is 0 Å². The van der Waals surface area contributed by atoms with Crippen LogP contribution in [-0.4, -0.2) is 30.7 Å². The highest BCUT2D eigenvalue weighted by Gasteiger charge is 2.11. The zero-order valence-corrected chi connectivity index (χ0v) is 9.26. The highest BCUT2D eigenvalue weighted by Crippen LogP contribution is 2.34. The van der Waals surface area contributed by atoms with Crippen LogP contribution >= 0.6 is 11.8 Å². The van der Waals surface area contributed by atoms with Crippen LogP contribution < -0.4 is 9.47 Å². The lowest BCUT2D eigenvalue weighted by Gasteiger charge is -2.18. The fourth-order valence-corrected chi connectivity index (χ4v) is 2.23. The van der Waals surface area contributed by atoms with Gasteiger partial charge in [0.2, 0.25) is 0 Å². The molecule has 0 aliphatic carbocycles. The molecule has 1 aliphatic heterocycles. The second-order valence-electron chi connectivity index (χ2n) is 3.23. The first-order chi connectivity index (χ1) is 7.40. The standard InChI is InChI=1S/C11H14O3S/c12-4-1-7-15-9-2-3-10-11(8-9)14-6-5-13-10/h2-3,8,12H,1,4-7H2. The number of fused-ring (bicyclic) bond motifs is 1. The number of thioether (sulfide) groups is 1. The van der Waals surface area contributed by atoms with E-state index in [1.165, 1.54) is 0 Å². The van der Waals surface area contributed by atoms with Gasteiger partial charge >= 0.3 is 0 Å². The highest BCUT2D eigenvalue weighted by molar-refractivity contribution is 7.99. The molecule has 0 atom stereocenters. The molecule has 1 heterocycles. The molecule has 82 valence electrons. The van der Waals surface area contributed by atoms with Crippen LogP contribution in [0.3, 0.4) is 0 Å². The molecule has 1 aromatic rings. The third-order valence-corrected chi connectivity index (χ3v) is 3.16. The molecule has 2 rings (SSSR count). The van der Waals surface area contributed by atoms with Crippen molar-refractivity contribution in [2.75, 3.05) is 25.6 Å². The first kappa shape index (κ1) is 10.6. The van der Waals surface area contributed by atoms with Gasteiger partial charge in [0.25, 0.3) is 0 Å². The number of rotatable bonds is 4. The smallest absolute Gasteiger partial charge is 0.162 e. The number of ether oxygens (including phenoxy) is 2. The third kappa shape index (κ3) is 2.79. The number of aliphatic hydroxyl groups is 1. The lowest BCUT2D eigenvalue weighted by atomic mass is 10.3. The molecule has 1 aliphatic rings. The van der Waals surface area contributed by atoms with Crippen molar-refractivity contribution in [3.8, 4) is 11.5 Å². The van der Waals surface area contributed by atoms with Crippen LogP contribution in [0.1, 0.15) is 6.42 Å². The maximum absolute atomic E-state index is 8.68. The lowest BCUT2D eigenvalue weighted by Crippen LogP contribution is -2.15. The van der Waals surface area contributed by atoms with Crippen LogP contribution in [0.25, 0.3) is 0 Å². The van der Waals surface area contributed by atoms with Crippen LogP contribution in [-0.2, 0) is 0 Å². The van der Waals surface area contributed by atoms with Gasteiger partial charge < -0.3 is 14.6 Å². The molecule has 3 nitrogen and oxygen atoms in total. The fraction of sp³-hybridized carbons (Fsp3) is 0.455. The number of hydrogen-bond donors (Lipinski definition) is 1. The number of aliphatic hydroxyl groups excluding tert-OH is 1. The van der Waals surface area contributed by atoms with E-state index in [1.807, 2.05) is 18.2 Å². The molecule has 0 spiro atoms. The Morgan fingerprint density at radius 3 is 2.80 bits per heavy atom. The topological polar surface area (TPSA) is 38.7 Å². The first-order valence-electron chi connectivity index (χ1n) is 5.03. The highest BCUT2D eigenvalue weighted by atomic mass is 32.2. The minimum Gasteiger partial charge on any atom is -0.486 e. The van der Waals surface area contributed by atoms with E-state index in [1.54, 1.807) is 11.8 Å². The fourth-order valence-electron chi connectivity index (χ4n) is 1.37. The molecule has 0 saturated carbocycles. The zero-order valence-electron chi connectivity index (χ0n) is 8.44. The van der Waals surface area contributed by atoms with E-state index in [2.05, 4.69) is 0 Å². The molecule has 1 aromatic carbocycles. The second-order valence-corrected chi connectivity index (χ2v) is 4.40. The summed E-state index contributed by atoms with van der Waals surface area (Å²) in [6.45, 7) is 1.50. The third-order valence-electron chi connectivity index (χ3n) is 2.08. The van der Waals surface area contributed by atoms with Gasteiger partial charge in [0.1, 0.15) is 13.2 Å². The summed E-state index contributed by atoms with van der Waals surface area (Å²) in [6.07, 6.45) is 0.819. The Labute approximate surface area is 93.4 Å². The van der Waals surface area contributed by atoms with E-state index in [0.29, 0.717) is 13.2 Å². The van der Waals surface area contributed by atoms with Crippen molar-refractivity contribution in [1.29, 1.82) is 0 Å². The van der Waals surface area contributed by atoms with Crippen molar-refractivity contribution in [1.82, 2.24) is 0 Å². The van der Waals surface area contributed by atoms with E-state index in [-0.39, 0.29) is 6.61 Å². The molecule has 0 saturated heterocycles. The van der Waals surface area contributed by atoms with E-state index in [0.717, 1.165) is 28.6 Å². The van der Waals surface area contributed by atoms with Gasteiger partial charge in [-0.1, -0.05) is 0 Å². The van der Waals surface area contributed by atoms with Gasteiger partial charge in [-0.25, -0.2) is 0 Å². The van der Waals surface area contributed by atoms with Gasteiger partial charge in [-0.3, -0.25) is 0 Å².